The highest BCUT2D eigenvalue weighted by Crippen LogP contribution is 2.17. The van der Waals surface area contributed by atoms with E-state index in [9.17, 15) is 14.4 Å². The lowest BCUT2D eigenvalue weighted by Crippen LogP contribution is -2.35. The lowest BCUT2D eigenvalue weighted by molar-refractivity contribution is -0.135. The van der Waals surface area contributed by atoms with Crippen molar-refractivity contribution < 1.29 is 14.4 Å². The lowest BCUT2D eigenvalue weighted by atomic mass is 10.3. The number of hydrogen-bond donors (Lipinski definition) is 1. The van der Waals surface area contributed by atoms with Crippen LogP contribution in [-0.4, -0.2) is 22.9 Å². The van der Waals surface area contributed by atoms with Crippen molar-refractivity contribution in [2.24, 2.45) is 4.99 Å². The average Bonchev–Trinajstić information content (AvgIpc) is 2.64. The van der Waals surface area contributed by atoms with Crippen molar-refractivity contribution in [2.45, 2.75) is 0 Å². The second-order valence-corrected chi connectivity index (χ2v) is 3.21. The van der Waals surface area contributed by atoms with Gasteiger partial charge in [0.1, 0.15) is 0 Å². The first-order valence-corrected chi connectivity index (χ1v) is 4.71. The third kappa shape index (κ3) is 2.27. The van der Waals surface area contributed by atoms with Crippen molar-refractivity contribution in [2.75, 3.05) is 5.43 Å². The Balaban J connectivity index is 2.12. The first-order chi connectivity index (χ1) is 8.20. The standard InChI is InChI=1S/C11H7N3O3/c15-7-12-8-1-3-9(4-2-8)13-14-10(16)5-6-11(14)17/h1-6,13H. The summed E-state index contributed by atoms with van der Waals surface area (Å²) < 4.78 is 0. The van der Waals surface area contributed by atoms with Gasteiger partial charge in [-0.2, -0.15) is 10.0 Å². The Morgan fingerprint density at radius 3 is 2.18 bits per heavy atom. The minimum Gasteiger partial charge on any atom is -0.288 e. The maximum absolute atomic E-state index is 11.2. The molecular weight excluding hydrogens is 222 g/mol. The minimum atomic E-state index is -0.426. The highest BCUT2D eigenvalue weighted by Gasteiger charge is 2.23. The van der Waals surface area contributed by atoms with E-state index in [0.29, 0.717) is 11.4 Å². The molecule has 0 aromatic heterocycles. The summed E-state index contributed by atoms with van der Waals surface area (Å²) in [6, 6.07) is 6.31. The summed E-state index contributed by atoms with van der Waals surface area (Å²) in [5.74, 6) is -0.852. The molecular formula is C11H7N3O3. The summed E-state index contributed by atoms with van der Waals surface area (Å²) in [5.41, 5.74) is 3.63. The molecule has 6 nitrogen and oxygen atoms in total. The van der Waals surface area contributed by atoms with Crippen LogP contribution in [0.15, 0.2) is 41.4 Å². The molecule has 0 fully saturated rings. The Kier molecular flexibility index (Phi) is 2.81. The summed E-state index contributed by atoms with van der Waals surface area (Å²) >= 11 is 0. The predicted molar refractivity (Wildman–Crippen MR) is 58.8 cm³/mol. The van der Waals surface area contributed by atoms with E-state index in [1.807, 2.05) is 0 Å². The van der Waals surface area contributed by atoms with Gasteiger partial charge in [0.15, 0.2) is 0 Å². The molecule has 1 aromatic rings. The number of carbonyl (C=O) groups excluding carboxylic acids is 3. The van der Waals surface area contributed by atoms with Gasteiger partial charge in [0.05, 0.1) is 11.4 Å². The quantitative estimate of drug-likeness (QED) is 0.474. The number of imide groups is 1. The van der Waals surface area contributed by atoms with E-state index < -0.39 is 11.8 Å². The first kappa shape index (κ1) is 10.8. The topological polar surface area (TPSA) is 78.8 Å². The summed E-state index contributed by atoms with van der Waals surface area (Å²) in [5, 5.41) is 0.887. The Hall–Kier alpha value is -2.72. The normalized spacial score (nSPS) is 13.8. The molecule has 2 amide bonds. The molecule has 1 aromatic carbocycles. The van der Waals surface area contributed by atoms with E-state index in [2.05, 4.69) is 10.4 Å². The van der Waals surface area contributed by atoms with Gasteiger partial charge in [0, 0.05) is 12.2 Å². The Bertz CT molecular complexity index is 524. The molecule has 1 N–H and O–H groups in total. The number of carbonyl (C=O) groups is 2. The van der Waals surface area contributed by atoms with Crippen molar-refractivity contribution in [3.05, 3.63) is 36.4 Å². The van der Waals surface area contributed by atoms with Crippen LogP contribution in [0.5, 0.6) is 0 Å². The molecule has 0 aliphatic carbocycles. The molecule has 2 rings (SSSR count). The number of aliphatic imine (C=N–C) groups is 1. The zero-order valence-corrected chi connectivity index (χ0v) is 8.58. The smallest absolute Gasteiger partial charge is 0.272 e. The van der Waals surface area contributed by atoms with Crippen LogP contribution >= 0.6 is 0 Å². The number of rotatable bonds is 3. The number of nitrogens with one attached hydrogen (secondary N) is 1. The Morgan fingerprint density at radius 2 is 1.65 bits per heavy atom. The van der Waals surface area contributed by atoms with Gasteiger partial charge in [0.2, 0.25) is 6.08 Å². The molecule has 1 aliphatic rings. The maximum Gasteiger partial charge on any atom is 0.272 e. The molecule has 0 bridgehead atoms. The first-order valence-electron chi connectivity index (χ1n) is 4.71. The molecule has 0 saturated heterocycles. The highest BCUT2D eigenvalue weighted by molar-refractivity contribution is 6.13. The third-order valence-corrected chi connectivity index (χ3v) is 2.09. The van der Waals surface area contributed by atoms with Crippen LogP contribution in [0.1, 0.15) is 0 Å². The third-order valence-electron chi connectivity index (χ3n) is 2.09. The van der Waals surface area contributed by atoms with Gasteiger partial charge in [0.25, 0.3) is 11.8 Å². The van der Waals surface area contributed by atoms with E-state index >= 15 is 0 Å². The number of benzene rings is 1. The molecule has 1 aliphatic heterocycles. The Labute approximate surface area is 96.2 Å². The number of hydrazine groups is 1. The van der Waals surface area contributed by atoms with Gasteiger partial charge in [-0.3, -0.25) is 15.0 Å². The number of anilines is 1. The second kappa shape index (κ2) is 4.42. The number of hydrogen-bond acceptors (Lipinski definition) is 5. The number of amides is 2. The van der Waals surface area contributed by atoms with Crippen molar-refractivity contribution >= 4 is 29.3 Å². The maximum atomic E-state index is 11.2. The van der Waals surface area contributed by atoms with Crippen LogP contribution < -0.4 is 5.43 Å². The minimum absolute atomic E-state index is 0.426. The fourth-order valence-electron chi connectivity index (χ4n) is 1.30. The average molecular weight is 229 g/mol. The summed E-state index contributed by atoms with van der Waals surface area (Å²) in [6.45, 7) is 0. The van der Waals surface area contributed by atoms with E-state index in [-0.39, 0.29) is 0 Å². The fraction of sp³-hybridized carbons (Fsp3) is 0. The lowest BCUT2D eigenvalue weighted by Gasteiger charge is -2.16. The zero-order chi connectivity index (χ0) is 12.3. The molecule has 0 saturated carbocycles. The SMILES string of the molecule is O=C=Nc1ccc(NN2C(=O)C=CC2=O)cc1. The van der Waals surface area contributed by atoms with Crippen molar-refractivity contribution in [1.82, 2.24) is 5.01 Å². The van der Waals surface area contributed by atoms with Crippen LogP contribution in [0.3, 0.4) is 0 Å². The van der Waals surface area contributed by atoms with Gasteiger partial charge in [-0.25, -0.2) is 4.79 Å². The zero-order valence-electron chi connectivity index (χ0n) is 8.58. The van der Waals surface area contributed by atoms with Gasteiger partial charge in [-0.15, -0.1) is 0 Å². The molecule has 0 spiro atoms. The predicted octanol–water partition coefficient (Wildman–Crippen LogP) is 0.906. The summed E-state index contributed by atoms with van der Waals surface area (Å²) in [6.07, 6.45) is 3.78. The number of nitrogens with zero attached hydrogens (tertiary/aromatic N) is 2. The van der Waals surface area contributed by atoms with E-state index in [1.54, 1.807) is 24.3 Å². The monoisotopic (exact) mass is 229 g/mol. The molecule has 84 valence electrons. The molecule has 0 unspecified atom stereocenters. The molecule has 0 radical (unpaired) electrons. The van der Waals surface area contributed by atoms with Crippen LogP contribution in [0, 0.1) is 0 Å². The van der Waals surface area contributed by atoms with Crippen molar-refractivity contribution in [3.63, 3.8) is 0 Å². The van der Waals surface area contributed by atoms with E-state index in [4.69, 9.17) is 0 Å². The van der Waals surface area contributed by atoms with Gasteiger partial charge >= 0.3 is 0 Å². The van der Waals surface area contributed by atoms with Crippen LogP contribution in [0.4, 0.5) is 11.4 Å². The van der Waals surface area contributed by atoms with Gasteiger partial charge < -0.3 is 0 Å². The molecule has 17 heavy (non-hydrogen) atoms. The van der Waals surface area contributed by atoms with Gasteiger partial charge in [-0.1, -0.05) is 0 Å². The van der Waals surface area contributed by atoms with E-state index in [0.717, 1.165) is 5.01 Å². The van der Waals surface area contributed by atoms with Crippen LogP contribution in [0.25, 0.3) is 0 Å². The van der Waals surface area contributed by atoms with Crippen molar-refractivity contribution in [1.29, 1.82) is 0 Å². The van der Waals surface area contributed by atoms with Crippen LogP contribution in [-0.2, 0) is 14.4 Å². The fourth-order valence-corrected chi connectivity index (χ4v) is 1.30. The number of isocyanates is 1. The second-order valence-electron chi connectivity index (χ2n) is 3.21. The van der Waals surface area contributed by atoms with Gasteiger partial charge in [-0.05, 0) is 24.3 Å². The largest absolute Gasteiger partial charge is 0.288 e. The molecule has 0 atom stereocenters. The highest BCUT2D eigenvalue weighted by atomic mass is 16.2. The van der Waals surface area contributed by atoms with Crippen molar-refractivity contribution in [3.8, 4) is 0 Å². The summed E-state index contributed by atoms with van der Waals surface area (Å²) in [4.78, 5) is 35.9. The van der Waals surface area contributed by atoms with Crippen LogP contribution in [0.2, 0.25) is 0 Å². The molecule has 1 heterocycles. The summed E-state index contributed by atoms with van der Waals surface area (Å²) in [7, 11) is 0. The molecule has 6 heteroatoms. The Morgan fingerprint density at radius 1 is 1.06 bits per heavy atom. The van der Waals surface area contributed by atoms with E-state index in [1.165, 1.54) is 18.2 Å².